The summed E-state index contributed by atoms with van der Waals surface area (Å²) in [5.74, 6) is -0.605. The van der Waals surface area contributed by atoms with Gasteiger partial charge in [0.1, 0.15) is 5.82 Å². The molecule has 118 valence electrons. The molecule has 3 aliphatic heterocycles. The van der Waals surface area contributed by atoms with Crippen LogP contribution in [0.15, 0.2) is 18.2 Å². The van der Waals surface area contributed by atoms with Gasteiger partial charge in [-0.25, -0.2) is 4.39 Å². The van der Waals surface area contributed by atoms with E-state index in [0.29, 0.717) is 24.7 Å². The molecule has 0 N–H and O–H groups in total. The molecule has 0 aliphatic carbocycles. The number of nitrogens with zero attached hydrogens (tertiary/aromatic N) is 2. The van der Waals surface area contributed by atoms with Crippen molar-refractivity contribution in [3.63, 3.8) is 0 Å². The molecular formula is C16H18ClFN2O2. The molecule has 0 aromatic heterocycles. The molecule has 6 heteroatoms. The third kappa shape index (κ3) is 2.82. The fraction of sp³-hybridized carbons (Fsp3) is 0.500. The molecule has 3 fully saturated rings. The summed E-state index contributed by atoms with van der Waals surface area (Å²) < 4.78 is 14.0. The molecular weight excluding hydrogens is 307 g/mol. The molecule has 1 aromatic rings. The van der Waals surface area contributed by atoms with E-state index in [-0.39, 0.29) is 29.3 Å². The van der Waals surface area contributed by atoms with Crippen LogP contribution in [0.1, 0.15) is 30.1 Å². The number of amides is 2. The lowest BCUT2D eigenvalue weighted by atomic mass is 9.94. The van der Waals surface area contributed by atoms with Gasteiger partial charge >= 0.3 is 0 Å². The number of carbonyl (C=O) groups is 2. The maximum atomic E-state index is 14.0. The number of hydrogen-bond acceptors (Lipinski definition) is 2. The summed E-state index contributed by atoms with van der Waals surface area (Å²) in [6.07, 6.45) is 1.85. The number of piperidine rings is 1. The third-order valence-corrected chi connectivity index (χ3v) is 4.81. The average Bonchev–Trinajstić information content (AvgIpc) is 2.81. The first-order valence-corrected chi connectivity index (χ1v) is 7.85. The van der Waals surface area contributed by atoms with E-state index in [1.54, 1.807) is 16.7 Å². The zero-order valence-corrected chi connectivity index (χ0v) is 13.1. The summed E-state index contributed by atoms with van der Waals surface area (Å²) in [4.78, 5) is 27.9. The van der Waals surface area contributed by atoms with Gasteiger partial charge in [0.15, 0.2) is 0 Å². The van der Waals surface area contributed by atoms with Crippen LogP contribution in [-0.4, -0.2) is 47.3 Å². The summed E-state index contributed by atoms with van der Waals surface area (Å²) in [5, 5.41) is 0.343. The first-order valence-electron chi connectivity index (χ1n) is 7.47. The van der Waals surface area contributed by atoms with Crippen molar-refractivity contribution in [2.24, 2.45) is 5.92 Å². The molecule has 3 heterocycles. The lowest BCUT2D eigenvalue weighted by Gasteiger charge is -2.36. The second-order valence-electron chi connectivity index (χ2n) is 6.10. The number of benzene rings is 1. The van der Waals surface area contributed by atoms with Crippen molar-refractivity contribution in [1.29, 1.82) is 0 Å². The first kappa shape index (κ1) is 15.3. The highest BCUT2D eigenvalue weighted by Gasteiger charge is 2.38. The van der Waals surface area contributed by atoms with Gasteiger partial charge in [-0.05, 0) is 37.0 Å². The minimum Gasteiger partial charge on any atom is -0.341 e. The van der Waals surface area contributed by atoms with Gasteiger partial charge in [-0.15, -0.1) is 0 Å². The van der Waals surface area contributed by atoms with Gasteiger partial charge < -0.3 is 9.80 Å². The lowest BCUT2D eigenvalue weighted by molar-refractivity contribution is -0.129. The minimum absolute atomic E-state index is 0.00873. The van der Waals surface area contributed by atoms with E-state index in [1.165, 1.54) is 18.2 Å². The van der Waals surface area contributed by atoms with Crippen LogP contribution in [0.3, 0.4) is 0 Å². The average molecular weight is 325 g/mol. The van der Waals surface area contributed by atoms with Gasteiger partial charge in [0.2, 0.25) is 5.91 Å². The molecule has 0 unspecified atom stereocenters. The topological polar surface area (TPSA) is 40.6 Å². The van der Waals surface area contributed by atoms with E-state index < -0.39 is 5.82 Å². The minimum atomic E-state index is -0.557. The Labute approximate surface area is 133 Å². The molecule has 4 rings (SSSR count). The standard InChI is InChI=1S/C16H18ClFN2O2/c1-10(21)19-7-11-2-4-13(9-19)20(8-11)16(22)14-6-12(17)3-5-15(14)18/h3,5-6,11,13H,2,4,7-9H2,1H3/t11-,13+/m1/s1. The van der Waals surface area contributed by atoms with Crippen molar-refractivity contribution in [2.75, 3.05) is 19.6 Å². The second kappa shape index (κ2) is 5.88. The predicted octanol–water partition coefficient (Wildman–Crippen LogP) is 2.56. The molecule has 2 atom stereocenters. The Hall–Kier alpha value is -1.62. The van der Waals surface area contributed by atoms with Gasteiger partial charge in [-0.1, -0.05) is 11.6 Å². The van der Waals surface area contributed by atoms with E-state index in [1.807, 2.05) is 0 Å². The maximum Gasteiger partial charge on any atom is 0.257 e. The Bertz CT molecular complexity index is 622. The molecule has 0 saturated carbocycles. The van der Waals surface area contributed by atoms with Gasteiger partial charge in [-0.2, -0.15) is 0 Å². The summed E-state index contributed by atoms with van der Waals surface area (Å²) in [7, 11) is 0. The van der Waals surface area contributed by atoms with Gasteiger partial charge in [-0.3, -0.25) is 9.59 Å². The Kier molecular flexibility index (Phi) is 4.08. The van der Waals surface area contributed by atoms with Crippen molar-refractivity contribution in [3.05, 3.63) is 34.6 Å². The second-order valence-corrected chi connectivity index (χ2v) is 6.54. The van der Waals surface area contributed by atoms with Crippen LogP contribution in [0.25, 0.3) is 0 Å². The van der Waals surface area contributed by atoms with E-state index in [2.05, 4.69) is 0 Å². The lowest BCUT2D eigenvalue weighted by Crippen LogP contribution is -2.47. The van der Waals surface area contributed by atoms with E-state index >= 15 is 0 Å². The summed E-state index contributed by atoms with van der Waals surface area (Å²) >= 11 is 5.89. The Morgan fingerprint density at radius 3 is 2.73 bits per heavy atom. The Morgan fingerprint density at radius 1 is 1.23 bits per heavy atom. The maximum absolute atomic E-state index is 14.0. The highest BCUT2D eigenvalue weighted by molar-refractivity contribution is 6.31. The van der Waals surface area contributed by atoms with Crippen molar-refractivity contribution in [1.82, 2.24) is 9.80 Å². The Balaban J connectivity index is 1.87. The van der Waals surface area contributed by atoms with Crippen molar-refractivity contribution < 1.29 is 14.0 Å². The largest absolute Gasteiger partial charge is 0.341 e. The zero-order chi connectivity index (χ0) is 15.9. The molecule has 2 amide bonds. The molecule has 4 nitrogen and oxygen atoms in total. The number of carbonyl (C=O) groups excluding carboxylic acids is 2. The van der Waals surface area contributed by atoms with E-state index in [0.717, 1.165) is 12.8 Å². The van der Waals surface area contributed by atoms with Crippen LogP contribution in [0.2, 0.25) is 5.02 Å². The zero-order valence-electron chi connectivity index (χ0n) is 12.4. The molecule has 0 spiro atoms. The SMILES string of the molecule is CC(=O)N1C[C@H]2CC[C@@H](C1)N(C(=O)c1cc(Cl)ccc1F)C2. The molecule has 2 bridgehead atoms. The summed E-state index contributed by atoms with van der Waals surface area (Å²) in [6.45, 7) is 3.32. The fourth-order valence-electron chi connectivity index (χ4n) is 3.40. The quantitative estimate of drug-likeness (QED) is 0.796. The number of halogens is 2. The van der Waals surface area contributed by atoms with Crippen molar-refractivity contribution in [2.45, 2.75) is 25.8 Å². The normalized spacial score (nSPS) is 24.3. The highest BCUT2D eigenvalue weighted by atomic mass is 35.5. The monoisotopic (exact) mass is 324 g/mol. The molecule has 3 aliphatic rings. The van der Waals surface area contributed by atoms with Gasteiger partial charge in [0.05, 0.1) is 5.56 Å². The smallest absolute Gasteiger partial charge is 0.257 e. The van der Waals surface area contributed by atoms with Crippen LogP contribution in [-0.2, 0) is 4.79 Å². The van der Waals surface area contributed by atoms with E-state index in [4.69, 9.17) is 11.6 Å². The van der Waals surface area contributed by atoms with Crippen molar-refractivity contribution in [3.8, 4) is 0 Å². The van der Waals surface area contributed by atoms with Gasteiger partial charge in [0, 0.05) is 37.6 Å². The molecule has 22 heavy (non-hydrogen) atoms. The first-order chi connectivity index (χ1) is 10.5. The number of hydrogen-bond donors (Lipinski definition) is 0. The molecule has 0 radical (unpaired) electrons. The molecule has 3 saturated heterocycles. The fourth-order valence-corrected chi connectivity index (χ4v) is 3.58. The van der Waals surface area contributed by atoms with Gasteiger partial charge in [0.25, 0.3) is 5.91 Å². The van der Waals surface area contributed by atoms with Crippen LogP contribution < -0.4 is 0 Å². The number of fused-ring (bicyclic) bond motifs is 4. The van der Waals surface area contributed by atoms with Crippen molar-refractivity contribution >= 4 is 23.4 Å². The summed E-state index contributed by atoms with van der Waals surface area (Å²) in [5.41, 5.74) is 0.00873. The van der Waals surface area contributed by atoms with E-state index in [9.17, 15) is 14.0 Å². The molecule has 1 aromatic carbocycles. The number of rotatable bonds is 1. The Morgan fingerprint density at radius 2 is 2.00 bits per heavy atom. The van der Waals surface area contributed by atoms with Crippen LogP contribution >= 0.6 is 11.6 Å². The third-order valence-electron chi connectivity index (χ3n) is 4.58. The van der Waals surface area contributed by atoms with Crippen LogP contribution in [0, 0.1) is 11.7 Å². The van der Waals surface area contributed by atoms with Crippen LogP contribution in [0.5, 0.6) is 0 Å². The highest BCUT2D eigenvalue weighted by Crippen LogP contribution is 2.30. The van der Waals surface area contributed by atoms with Crippen LogP contribution in [0.4, 0.5) is 4.39 Å². The summed E-state index contributed by atoms with van der Waals surface area (Å²) in [6, 6.07) is 3.97. The predicted molar refractivity (Wildman–Crippen MR) is 81.2 cm³/mol.